The molecular weight excluding hydrogens is 286 g/mol. The third-order valence-electron chi connectivity index (χ3n) is 4.41. The van der Waals surface area contributed by atoms with Crippen LogP contribution in [0.1, 0.15) is 35.8 Å². The van der Waals surface area contributed by atoms with E-state index in [1.807, 2.05) is 68.4 Å². The number of aromatic hydroxyl groups is 1. The van der Waals surface area contributed by atoms with Gasteiger partial charge < -0.3 is 5.11 Å². The number of hydrogen-bond donors (Lipinski definition) is 1. The first-order valence-electron chi connectivity index (χ1n) is 7.78. The maximum absolute atomic E-state index is 12.9. The number of nitrogens with zero attached hydrogens (tertiary/aromatic N) is 1. The first kappa shape index (κ1) is 13.8. The van der Waals surface area contributed by atoms with Crippen LogP contribution in [0.2, 0.25) is 0 Å². The topological polar surface area (TPSA) is 42.2 Å². The predicted octanol–water partition coefficient (Wildman–Crippen LogP) is 4.65. The molecule has 0 amide bonds. The Morgan fingerprint density at radius 2 is 1.52 bits per heavy atom. The van der Waals surface area contributed by atoms with Crippen molar-refractivity contribution in [2.24, 2.45) is 0 Å². The maximum atomic E-state index is 12.9. The molecule has 3 heteroatoms. The molecule has 2 aromatic carbocycles. The molecule has 0 saturated heterocycles. The SMILES string of the molecule is CC(C)c1c(O)c(-c2ccccc2)c2n1C(=O)c1ccccc1-2. The zero-order chi connectivity index (χ0) is 16.1. The normalized spacial score (nSPS) is 12.6. The van der Waals surface area contributed by atoms with Gasteiger partial charge in [-0.1, -0.05) is 62.4 Å². The van der Waals surface area contributed by atoms with Gasteiger partial charge in [0.05, 0.1) is 17.0 Å². The van der Waals surface area contributed by atoms with E-state index in [1.54, 1.807) is 4.57 Å². The van der Waals surface area contributed by atoms with Crippen LogP contribution < -0.4 is 0 Å². The van der Waals surface area contributed by atoms with Crippen LogP contribution in [0.5, 0.6) is 5.75 Å². The number of benzene rings is 2. The molecule has 4 rings (SSSR count). The monoisotopic (exact) mass is 303 g/mol. The molecule has 0 atom stereocenters. The summed E-state index contributed by atoms with van der Waals surface area (Å²) in [5.74, 6) is 0.199. The van der Waals surface area contributed by atoms with Crippen LogP contribution in [-0.2, 0) is 0 Å². The van der Waals surface area contributed by atoms with Crippen molar-refractivity contribution in [1.82, 2.24) is 4.57 Å². The molecule has 0 bridgehead atoms. The second kappa shape index (κ2) is 4.85. The van der Waals surface area contributed by atoms with Crippen LogP contribution in [0, 0.1) is 0 Å². The van der Waals surface area contributed by atoms with E-state index in [4.69, 9.17) is 0 Å². The summed E-state index contributed by atoms with van der Waals surface area (Å²) in [5, 5.41) is 10.8. The summed E-state index contributed by atoms with van der Waals surface area (Å²) < 4.78 is 1.69. The minimum absolute atomic E-state index is 0.0458. The molecule has 0 aliphatic carbocycles. The van der Waals surface area contributed by atoms with E-state index in [0.717, 1.165) is 22.4 Å². The summed E-state index contributed by atoms with van der Waals surface area (Å²) in [4.78, 5) is 12.9. The van der Waals surface area contributed by atoms with Crippen molar-refractivity contribution in [3.05, 3.63) is 65.9 Å². The van der Waals surface area contributed by atoms with Gasteiger partial charge in [-0.2, -0.15) is 0 Å². The predicted molar refractivity (Wildman–Crippen MR) is 90.8 cm³/mol. The molecule has 0 radical (unpaired) electrons. The number of hydrogen-bond acceptors (Lipinski definition) is 2. The summed E-state index contributed by atoms with van der Waals surface area (Å²) in [7, 11) is 0. The highest BCUT2D eigenvalue weighted by atomic mass is 16.3. The van der Waals surface area contributed by atoms with Crippen LogP contribution in [0.15, 0.2) is 54.6 Å². The Labute approximate surface area is 134 Å². The molecule has 1 N–H and O–H groups in total. The molecule has 0 fully saturated rings. The van der Waals surface area contributed by atoms with Crippen molar-refractivity contribution in [1.29, 1.82) is 0 Å². The second-order valence-electron chi connectivity index (χ2n) is 6.16. The van der Waals surface area contributed by atoms with E-state index in [-0.39, 0.29) is 17.6 Å². The Kier molecular flexibility index (Phi) is 2.91. The molecule has 3 aromatic rings. The summed E-state index contributed by atoms with van der Waals surface area (Å²) >= 11 is 0. The quantitative estimate of drug-likeness (QED) is 0.585. The zero-order valence-corrected chi connectivity index (χ0v) is 13.1. The number of carbonyl (C=O) groups is 1. The van der Waals surface area contributed by atoms with Crippen molar-refractivity contribution < 1.29 is 9.90 Å². The maximum Gasteiger partial charge on any atom is 0.263 e. The fourth-order valence-electron chi connectivity index (χ4n) is 3.45. The standard InChI is InChI=1S/C20H17NO2/c1-12(2)17-19(22)16(13-8-4-3-5-9-13)18-14-10-6-7-11-15(14)20(23)21(17)18/h3-12,22H,1-2H3. The van der Waals surface area contributed by atoms with Gasteiger partial charge in [-0.15, -0.1) is 0 Å². The minimum atomic E-state index is -0.0585. The van der Waals surface area contributed by atoms with Gasteiger partial charge in [-0.25, -0.2) is 0 Å². The van der Waals surface area contributed by atoms with Gasteiger partial charge in [-0.3, -0.25) is 9.36 Å². The van der Waals surface area contributed by atoms with Gasteiger partial charge in [0.15, 0.2) is 0 Å². The van der Waals surface area contributed by atoms with Crippen LogP contribution in [0.4, 0.5) is 0 Å². The van der Waals surface area contributed by atoms with E-state index in [9.17, 15) is 9.90 Å². The third-order valence-corrected chi connectivity index (χ3v) is 4.41. The van der Waals surface area contributed by atoms with Crippen molar-refractivity contribution in [2.75, 3.05) is 0 Å². The highest BCUT2D eigenvalue weighted by Gasteiger charge is 2.36. The molecule has 1 aliphatic rings. The lowest BCUT2D eigenvalue weighted by Crippen LogP contribution is -2.11. The van der Waals surface area contributed by atoms with Crippen LogP contribution in [-0.4, -0.2) is 15.6 Å². The Morgan fingerprint density at radius 1 is 0.913 bits per heavy atom. The smallest absolute Gasteiger partial charge is 0.263 e. The van der Waals surface area contributed by atoms with E-state index < -0.39 is 0 Å². The average Bonchev–Trinajstić information content (AvgIpc) is 3.01. The Balaban J connectivity index is 2.13. The van der Waals surface area contributed by atoms with Crippen molar-refractivity contribution >= 4 is 5.91 Å². The molecule has 1 aliphatic heterocycles. The van der Waals surface area contributed by atoms with Gasteiger partial charge in [0.25, 0.3) is 5.91 Å². The largest absolute Gasteiger partial charge is 0.505 e. The lowest BCUT2D eigenvalue weighted by molar-refractivity contribution is 0.0964. The van der Waals surface area contributed by atoms with Gasteiger partial charge in [0.2, 0.25) is 0 Å². The highest BCUT2D eigenvalue weighted by molar-refractivity contribution is 6.13. The van der Waals surface area contributed by atoms with Crippen LogP contribution in [0.3, 0.4) is 0 Å². The number of fused-ring (bicyclic) bond motifs is 3. The van der Waals surface area contributed by atoms with Crippen LogP contribution >= 0.6 is 0 Å². The fourth-order valence-corrected chi connectivity index (χ4v) is 3.45. The first-order valence-corrected chi connectivity index (χ1v) is 7.78. The molecule has 0 saturated carbocycles. The van der Waals surface area contributed by atoms with Gasteiger partial charge in [0.1, 0.15) is 5.75 Å². The molecule has 3 nitrogen and oxygen atoms in total. The van der Waals surface area contributed by atoms with Gasteiger partial charge >= 0.3 is 0 Å². The van der Waals surface area contributed by atoms with Crippen LogP contribution in [0.25, 0.3) is 22.4 Å². The molecule has 23 heavy (non-hydrogen) atoms. The van der Waals surface area contributed by atoms with Crippen molar-refractivity contribution in [2.45, 2.75) is 19.8 Å². The minimum Gasteiger partial charge on any atom is -0.505 e. The van der Waals surface area contributed by atoms with E-state index >= 15 is 0 Å². The molecule has 114 valence electrons. The molecule has 0 spiro atoms. The number of aromatic nitrogens is 1. The Morgan fingerprint density at radius 3 is 2.17 bits per heavy atom. The lowest BCUT2D eigenvalue weighted by Gasteiger charge is -2.09. The van der Waals surface area contributed by atoms with Gasteiger partial charge in [0, 0.05) is 11.1 Å². The first-order chi connectivity index (χ1) is 11.1. The summed E-state index contributed by atoms with van der Waals surface area (Å²) in [6, 6.07) is 17.3. The van der Waals surface area contributed by atoms with E-state index in [1.165, 1.54) is 0 Å². The highest BCUT2D eigenvalue weighted by Crippen LogP contribution is 2.49. The summed E-state index contributed by atoms with van der Waals surface area (Å²) in [5.41, 5.74) is 4.73. The average molecular weight is 303 g/mol. The Bertz CT molecular complexity index is 920. The fraction of sp³-hybridized carbons (Fsp3) is 0.150. The van der Waals surface area contributed by atoms with Crippen molar-refractivity contribution in [3.8, 4) is 28.1 Å². The molecule has 2 heterocycles. The molecular formula is C20H17NO2. The zero-order valence-electron chi connectivity index (χ0n) is 13.1. The second-order valence-corrected chi connectivity index (χ2v) is 6.16. The lowest BCUT2D eigenvalue weighted by atomic mass is 9.97. The summed E-state index contributed by atoms with van der Waals surface area (Å²) in [6.07, 6.45) is 0. The molecule has 1 aromatic heterocycles. The number of carbonyl (C=O) groups excluding carboxylic acids is 1. The van der Waals surface area contributed by atoms with E-state index in [0.29, 0.717) is 11.3 Å². The van der Waals surface area contributed by atoms with Crippen molar-refractivity contribution in [3.63, 3.8) is 0 Å². The molecule has 0 unspecified atom stereocenters. The third kappa shape index (κ3) is 1.80. The van der Waals surface area contributed by atoms with Gasteiger partial charge in [-0.05, 0) is 17.5 Å². The number of rotatable bonds is 2. The Hall–Kier alpha value is -2.81. The van der Waals surface area contributed by atoms with E-state index in [2.05, 4.69) is 0 Å². The summed E-state index contributed by atoms with van der Waals surface area (Å²) in [6.45, 7) is 3.99.